The smallest absolute Gasteiger partial charge is 0.119 e. The van der Waals surface area contributed by atoms with Crippen molar-refractivity contribution in [1.29, 1.82) is 0 Å². The fraction of sp³-hybridized carbons (Fsp3) is 0.167. The van der Waals surface area contributed by atoms with Crippen LogP contribution >= 0.6 is 0 Å². The minimum Gasteiger partial charge on any atom is -0.497 e. The maximum absolute atomic E-state index is 5.42. The number of benzene rings is 1. The summed E-state index contributed by atoms with van der Waals surface area (Å²) >= 11 is 0. The molecule has 0 radical (unpaired) electrons. The van der Waals surface area contributed by atoms with E-state index in [9.17, 15) is 0 Å². The lowest BCUT2D eigenvalue weighted by Gasteiger charge is -2.00. The van der Waals surface area contributed by atoms with Gasteiger partial charge >= 0.3 is 0 Å². The van der Waals surface area contributed by atoms with E-state index >= 15 is 0 Å². The lowest BCUT2D eigenvalue weighted by Crippen LogP contribution is -1.84. The summed E-state index contributed by atoms with van der Waals surface area (Å²) in [7, 11) is 3.63. The summed E-state index contributed by atoms with van der Waals surface area (Å²) in [5.41, 5.74) is 2.03. The molecule has 0 fully saturated rings. The van der Waals surface area contributed by atoms with Gasteiger partial charge in [0, 0.05) is 29.7 Å². The number of ether oxygens (including phenoxy) is 1. The van der Waals surface area contributed by atoms with Gasteiger partial charge in [-0.2, -0.15) is 0 Å². The van der Waals surface area contributed by atoms with Gasteiger partial charge in [-0.15, -0.1) is 6.42 Å². The zero-order valence-electron chi connectivity index (χ0n) is 8.24. The lowest BCUT2D eigenvalue weighted by atomic mass is 10.2. The second kappa shape index (κ2) is 3.12. The molecule has 1 heterocycles. The number of nitrogens with zero attached hydrogens (tertiary/aromatic N) is 1. The van der Waals surface area contributed by atoms with Crippen LogP contribution < -0.4 is 4.74 Å². The number of aryl methyl sites for hydroxylation is 1. The van der Waals surface area contributed by atoms with E-state index in [2.05, 4.69) is 5.92 Å². The molecule has 1 aromatic carbocycles. The van der Waals surface area contributed by atoms with Crippen molar-refractivity contribution in [3.63, 3.8) is 0 Å². The molecule has 0 saturated carbocycles. The average molecular weight is 185 g/mol. The number of fused-ring (bicyclic) bond motifs is 1. The SMILES string of the molecule is C#Cc1cn(C)c2ccc(OC)cc12. The largest absolute Gasteiger partial charge is 0.497 e. The van der Waals surface area contributed by atoms with Crippen molar-refractivity contribution in [3.05, 3.63) is 30.0 Å². The zero-order valence-corrected chi connectivity index (χ0v) is 8.24. The Labute approximate surface area is 83.1 Å². The van der Waals surface area contributed by atoms with Gasteiger partial charge in [-0.3, -0.25) is 0 Å². The highest BCUT2D eigenvalue weighted by atomic mass is 16.5. The van der Waals surface area contributed by atoms with Crippen LogP contribution in [-0.2, 0) is 7.05 Å². The Hall–Kier alpha value is -1.88. The molecular formula is C12H11NO. The monoisotopic (exact) mass is 185 g/mol. The van der Waals surface area contributed by atoms with Crippen LogP contribution in [0.4, 0.5) is 0 Å². The predicted molar refractivity (Wildman–Crippen MR) is 57.4 cm³/mol. The van der Waals surface area contributed by atoms with Gasteiger partial charge < -0.3 is 9.30 Å². The van der Waals surface area contributed by atoms with E-state index in [0.717, 1.165) is 22.2 Å². The van der Waals surface area contributed by atoms with Crippen LogP contribution in [0, 0.1) is 12.3 Å². The summed E-state index contributed by atoms with van der Waals surface area (Å²) in [6.45, 7) is 0. The van der Waals surface area contributed by atoms with Crippen molar-refractivity contribution in [3.8, 4) is 18.1 Å². The van der Waals surface area contributed by atoms with Crippen LogP contribution in [0.5, 0.6) is 5.75 Å². The Morgan fingerprint density at radius 2 is 2.21 bits per heavy atom. The van der Waals surface area contributed by atoms with Gasteiger partial charge in [0.05, 0.1) is 7.11 Å². The molecule has 2 aromatic rings. The normalized spacial score (nSPS) is 10.1. The third-order valence-corrected chi connectivity index (χ3v) is 2.35. The van der Waals surface area contributed by atoms with Gasteiger partial charge in [0.1, 0.15) is 5.75 Å². The summed E-state index contributed by atoms with van der Waals surface area (Å²) in [6.07, 6.45) is 7.37. The molecule has 2 nitrogen and oxygen atoms in total. The van der Waals surface area contributed by atoms with Crippen LogP contribution in [-0.4, -0.2) is 11.7 Å². The van der Waals surface area contributed by atoms with E-state index in [1.165, 1.54) is 0 Å². The van der Waals surface area contributed by atoms with Crippen LogP contribution in [0.25, 0.3) is 10.9 Å². The maximum atomic E-state index is 5.42. The molecule has 0 bridgehead atoms. The summed E-state index contributed by atoms with van der Waals surface area (Å²) in [5, 5.41) is 1.06. The first-order valence-corrected chi connectivity index (χ1v) is 4.36. The predicted octanol–water partition coefficient (Wildman–Crippen LogP) is 2.17. The second-order valence-electron chi connectivity index (χ2n) is 3.18. The molecule has 2 heteroatoms. The van der Waals surface area contributed by atoms with Crippen LogP contribution in [0.15, 0.2) is 24.4 Å². The Morgan fingerprint density at radius 3 is 2.86 bits per heavy atom. The molecule has 0 amide bonds. The minimum absolute atomic E-state index is 0.834. The molecule has 0 spiro atoms. The summed E-state index contributed by atoms with van der Waals surface area (Å²) in [4.78, 5) is 0. The van der Waals surface area contributed by atoms with E-state index in [4.69, 9.17) is 11.2 Å². The van der Waals surface area contributed by atoms with E-state index in [-0.39, 0.29) is 0 Å². The van der Waals surface area contributed by atoms with E-state index < -0.39 is 0 Å². The number of aromatic nitrogens is 1. The summed E-state index contributed by atoms with van der Waals surface area (Å²) in [5.74, 6) is 3.50. The Morgan fingerprint density at radius 1 is 1.43 bits per heavy atom. The van der Waals surface area contributed by atoms with E-state index in [1.54, 1.807) is 7.11 Å². The van der Waals surface area contributed by atoms with Crippen LogP contribution in [0.1, 0.15) is 5.56 Å². The third-order valence-electron chi connectivity index (χ3n) is 2.35. The van der Waals surface area contributed by atoms with Crippen LogP contribution in [0.3, 0.4) is 0 Å². The van der Waals surface area contributed by atoms with Gasteiger partial charge in [-0.1, -0.05) is 5.92 Å². The van der Waals surface area contributed by atoms with Gasteiger partial charge in [-0.05, 0) is 18.2 Å². The first-order valence-electron chi connectivity index (χ1n) is 4.36. The van der Waals surface area contributed by atoms with Crippen molar-refractivity contribution < 1.29 is 4.74 Å². The number of terminal acetylenes is 1. The highest BCUT2D eigenvalue weighted by molar-refractivity contribution is 5.87. The molecule has 0 aliphatic carbocycles. The summed E-state index contributed by atoms with van der Waals surface area (Å²) < 4.78 is 7.17. The molecule has 70 valence electrons. The van der Waals surface area contributed by atoms with Gasteiger partial charge in [0.25, 0.3) is 0 Å². The number of hydrogen-bond donors (Lipinski definition) is 0. The fourth-order valence-corrected chi connectivity index (χ4v) is 1.61. The molecule has 0 atom stereocenters. The average Bonchev–Trinajstić information content (AvgIpc) is 2.55. The summed E-state index contributed by atoms with van der Waals surface area (Å²) in [6, 6.07) is 5.90. The Kier molecular flexibility index (Phi) is 1.94. The first kappa shape index (κ1) is 8.71. The van der Waals surface area contributed by atoms with E-state index in [1.807, 2.05) is 36.0 Å². The molecule has 2 rings (SSSR count). The lowest BCUT2D eigenvalue weighted by molar-refractivity contribution is 0.415. The topological polar surface area (TPSA) is 14.2 Å². The molecular weight excluding hydrogens is 174 g/mol. The molecule has 0 aliphatic heterocycles. The molecule has 1 aromatic heterocycles. The molecule has 0 aliphatic rings. The fourth-order valence-electron chi connectivity index (χ4n) is 1.61. The second-order valence-corrected chi connectivity index (χ2v) is 3.18. The highest BCUT2D eigenvalue weighted by Crippen LogP contribution is 2.24. The zero-order chi connectivity index (χ0) is 10.1. The van der Waals surface area contributed by atoms with Crippen molar-refractivity contribution in [2.24, 2.45) is 7.05 Å². The molecule has 14 heavy (non-hydrogen) atoms. The van der Waals surface area contributed by atoms with Crippen molar-refractivity contribution in [1.82, 2.24) is 4.57 Å². The number of methoxy groups -OCH3 is 1. The highest BCUT2D eigenvalue weighted by Gasteiger charge is 2.05. The van der Waals surface area contributed by atoms with Crippen molar-refractivity contribution in [2.75, 3.05) is 7.11 Å². The number of hydrogen-bond acceptors (Lipinski definition) is 1. The van der Waals surface area contributed by atoms with Gasteiger partial charge in [-0.25, -0.2) is 0 Å². The van der Waals surface area contributed by atoms with E-state index in [0.29, 0.717) is 0 Å². The number of rotatable bonds is 1. The van der Waals surface area contributed by atoms with Crippen LogP contribution in [0.2, 0.25) is 0 Å². The molecule has 0 unspecified atom stereocenters. The standard InChI is InChI=1S/C12H11NO/c1-4-9-8-13(2)12-6-5-10(14-3)7-11(9)12/h1,5-8H,2-3H3. The first-order chi connectivity index (χ1) is 6.76. The quantitative estimate of drug-likeness (QED) is 0.621. The van der Waals surface area contributed by atoms with Gasteiger partial charge in [0.15, 0.2) is 0 Å². The van der Waals surface area contributed by atoms with Crippen molar-refractivity contribution >= 4 is 10.9 Å². The molecule has 0 saturated heterocycles. The van der Waals surface area contributed by atoms with Gasteiger partial charge in [0.2, 0.25) is 0 Å². The minimum atomic E-state index is 0.834. The Bertz CT molecular complexity index is 517. The third kappa shape index (κ3) is 1.14. The van der Waals surface area contributed by atoms with Crippen molar-refractivity contribution in [2.45, 2.75) is 0 Å². The maximum Gasteiger partial charge on any atom is 0.119 e. The Balaban J connectivity index is 2.79. The molecule has 0 N–H and O–H groups in total.